The van der Waals surface area contributed by atoms with Gasteiger partial charge in [0.2, 0.25) is 5.91 Å². The molecule has 0 spiro atoms. The summed E-state index contributed by atoms with van der Waals surface area (Å²) in [5.41, 5.74) is 1.95. The van der Waals surface area contributed by atoms with Gasteiger partial charge in [0, 0.05) is 18.0 Å². The summed E-state index contributed by atoms with van der Waals surface area (Å²) in [5.74, 6) is 0.0222. The van der Waals surface area contributed by atoms with Gasteiger partial charge in [0.15, 0.2) is 0 Å². The van der Waals surface area contributed by atoms with E-state index in [0.717, 1.165) is 10.9 Å². The van der Waals surface area contributed by atoms with Crippen molar-refractivity contribution in [3.63, 3.8) is 0 Å². The van der Waals surface area contributed by atoms with Crippen molar-refractivity contribution in [1.29, 1.82) is 0 Å². The Balaban J connectivity index is 2.70. The van der Waals surface area contributed by atoms with Crippen LogP contribution in [0.1, 0.15) is 12.5 Å². The molecule has 2 N–H and O–H groups in total. The number of anilines is 1. The maximum atomic E-state index is 11.0. The summed E-state index contributed by atoms with van der Waals surface area (Å²) >= 11 is 0. The van der Waals surface area contributed by atoms with Crippen LogP contribution < -0.4 is 10.8 Å². The number of carbonyl (C=O) groups excluding carboxylic acids is 1. The Morgan fingerprint density at radius 3 is 2.65 bits per heavy atom. The molecule has 17 heavy (non-hydrogen) atoms. The van der Waals surface area contributed by atoms with E-state index >= 15 is 0 Å². The van der Waals surface area contributed by atoms with Crippen molar-refractivity contribution in [3.8, 4) is 5.75 Å². The second-order valence-corrected chi connectivity index (χ2v) is 4.09. The first-order valence-electron chi connectivity index (χ1n) is 5.28. The van der Waals surface area contributed by atoms with Crippen LogP contribution in [-0.2, 0) is 4.79 Å². The molecule has 0 unspecified atom stereocenters. The minimum atomic E-state index is -0.173. The summed E-state index contributed by atoms with van der Waals surface area (Å²) < 4.78 is 0. The van der Waals surface area contributed by atoms with E-state index in [2.05, 4.69) is 5.32 Å². The number of fused-ring (bicyclic) bond motifs is 1. The molecule has 0 aliphatic carbocycles. The molecule has 4 heteroatoms. The highest BCUT2D eigenvalue weighted by Gasteiger charge is 2.07. The van der Waals surface area contributed by atoms with Crippen LogP contribution in [0.3, 0.4) is 0 Å². The third kappa shape index (κ3) is 2.11. The summed E-state index contributed by atoms with van der Waals surface area (Å²) in [7, 11) is 5.98. The minimum Gasteiger partial charge on any atom is -0.507 e. The van der Waals surface area contributed by atoms with Crippen molar-refractivity contribution >= 4 is 35.7 Å². The van der Waals surface area contributed by atoms with Gasteiger partial charge in [0.25, 0.3) is 0 Å². The number of hydrogen-bond donors (Lipinski definition) is 2. The molecule has 84 valence electrons. The van der Waals surface area contributed by atoms with Gasteiger partial charge in [-0.05, 0) is 36.1 Å². The second-order valence-electron chi connectivity index (χ2n) is 4.09. The summed E-state index contributed by atoms with van der Waals surface area (Å²) in [6, 6.07) is 7.00. The molecule has 0 atom stereocenters. The van der Waals surface area contributed by atoms with Gasteiger partial charge in [-0.25, -0.2) is 0 Å². The topological polar surface area (TPSA) is 49.3 Å². The van der Waals surface area contributed by atoms with Crippen LogP contribution in [0.2, 0.25) is 0 Å². The van der Waals surface area contributed by atoms with E-state index in [1.807, 2.05) is 13.0 Å². The van der Waals surface area contributed by atoms with Crippen LogP contribution in [0.4, 0.5) is 5.69 Å². The van der Waals surface area contributed by atoms with Crippen molar-refractivity contribution in [2.45, 2.75) is 13.8 Å². The molecule has 2 aromatic rings. The molecule has 0 saturated carbocycles. The Hall–Kier alpha value is -1.97. The van der Waals surface area contributed by atoms with E-state index in [4.69, 9.17) is 7.85 Å². The van der Waals surface area contributed by atoms with Gasteiger partial charge >= 0.3 is 0 Å². The molecule has 0 aromatic heterocycles. The van der Waals surface area contributed by atoms with Crippen LogP contribution in [0, 0.1) is 6.92 Å². The molecule has 2 rings (SSSR count). The molecule has 0 aliphatic heterocycles. The summed E-state index contributed by atoms with van der Waals surface area (Å²) in [4.78, 5) is 11.0. The molecule has 0 heterocycles. The highest BCUT2D eigenvalue weighted by Crippen LogP contribution is 2.26. The Labute approximate surface area is 101 Å². The fourth-order valence-corrected chi connectivity index (χ4v) is 1.88. The summed E-state index contributed by atoms with van der Waals surface area (Å²) in [6.07, 6.45) is 0. The van der Waals surface area contributed by atoms with Crippen LogP contribution in [-0.4, -0.2) is 18.9 Å². The third-order valence-corrected chi connectivity index (χ3v) is 2.61. The Kier molecular flexibility index (Phi) is 2.80. The molecule has 3 nitrogen and oxygen atoms in total. The predicted octanol–water partition coefficient (Wildman–Crippen LogP) is 1.61. The first-order valence-corrected chi connectivity index (χ1v) is 5.28. The van der Waals surface area contributed by atoms with Gasteiger partial charge in [-0.15, -0.1) is 0 Å². The monoisotopic (exact) mass is 225 g/mol. The van der Waals surface area contributed by atoms with Crippen molar-refractivity contribution < 1.29 is 9.90 Å². The van der Waals surface area contributed by atoms with E-state index in [9.17, 15) is 9.90 Å². The average molecular weight is 225 g/mol. The SMILES string of the molecule is [B]c1c(NC(C)=O)ccc2c(O)cc(C)cc12. The molecule has 2 radical (unpaired) electrons. The van der Waals surface area contributed by atoms with E-state index in [-0.39, 0.29) is 11.7 Å². The van der Waals surface area contributed by atoms with E-state index in [0.29, 0.717) is 16.5 Å². The first-order chi connectivity index (χ1) is 7.99. The van der Waals surface area contributed by atoms with Gasteiger partial charge < -0.3 is 10.4 Å². The smallest absolute Gasteiger partial charge is 0.221 e. The second kappa shape index (κ2) is 4.13. The molecular weight excluding hydrogens is 213 g/mol. The number of benzene rings is 2. The quantitative estimate of drug-likeness (QED) is 0.724. The summed E-state index contributed by atoms with van der Waals surface area (Å²) in [6.45, 7) is 3.31. The molecule has 2 aromatic carbocycles. The predicted molar refractivity (Wildman–Crippen MR) is 70.0 cm³/mol. The van der Waals surface area contributed by atoms with Gasteiger partial charge in [0.1, 0.15) is 13.6 Å². The van der Waals surface area contributed by atoms with E-state index < -0.39 is 0 Å². The molecule has 1 amide bonds. The standard InChI is InChI=1S/C13H12BNO2/c1-7-5-10-9(12(17)6-7)3-4-11(13(10)14)15-8(2)16/h3-6,17H,1-2H3,(H,15,16). The Morgan fingerprint density at radius 2 is 2.00 bits per heavy atom. The van der Waals surface area contributed by atoms with Crippen LogP contribution in [0.15, 0.2) is 24.3 Å². The minimum absolute atomic E-state index is 0.173. The number of nitrogens with one attached hydrogen (secondary N) is 1. The molecule has 0 bridgehead atoms. The lowest BCUT2D eigenvalue weighted by atomic mass is 9.87. The zero-order valence-electron chi connectivity index (χ0n) is 9.74. The number of phenols is 1. The zero-order valence-corrected chi connectivity index (χ0v) is 9.74. The largest absolute Gasteiger partial charge is 0.507 e. The highest BCUT2D eigenvalue weighted by molar-refractivity contribution is 6.43. The normalized spacial score (nSPS) is 10.5. The number of carbonyl (C=O) groups is 1. The lowest BCUT2D eigenvalue weighted by Crippen LogP contribution is -2.16. The van der Waals surface area contributed by atoms with E-state index in [1.54, 1.807) is 18.2 Å². The lowest BCUT2D eigenvalue weighted by molar-refractivity contribution is -0.114. The van der Waals surface area contributed by atoms with Gasteiger partial charge in [0.05, 0.1) is 0 Å². The van der Waals surface area contributed by atoms with Gasteiger partial charge in [-0.1, -0.05) is 11.5 Å². The number of rotatable bonds is 1. The molecular formula is C13H12BNO2. The number of aryl methyl sites for hydroxylation is 1. The number of phenolic OH excluding ortho intramolecular Hbond substituents is 1. The number of aromatic hydroxyl groups is 1. The first kappa shape index (κ1) is 11.5. The lowest BCUT2D eigenvalue weighted by Gasteiger charge is -2.12. The Morgan fingerprint density at radius 1 is 1.29 bits per heavy atom. The maximum absolute atomic E-state index is 11.0. The van der Waals surface area contributed by atoms with Crippen molar-refractivity contribution in [2.75, 3.05) is 5.32 Å². The van der Waals surface area contributed by atoms with Crippen LogP contribution in [0.25, 0.3) is 10.8 Å². The Bertz CT molecular complexity index is 608. The van der Waals surface area contributed by atoms with Crippen molar-refractivity contribution in [2.24, 2.45) is 0 Å². The highest BCUT2D eigenvalue weighted by atomic mass is 16.3. The van der Waals surface area contributed by atoms with Crippen molar-refractivity contribution in [1.82, 2.24) is 0 Å². The fourth-order valence-electron chi connectivity index (χ4n) is 1.88. The molecule has 0 fully saturated rings. The fraction of sp³-hybridized carbons (Fsp3) is 0.154. The third-order valence-electron chi connectivity index (χ3n) is 2.61. The van der Waals surface area contributed by atoms with Crippen LogP contribution in [0.5, 0.6) is 5.75 Å². The summed E-state index contributed by atoms with van der Waals surface area (Å²) in [5, 5.41) is 13.9. The van der Waals surface area contributed by atoms with E-state index in [1.165, 1.54) is 6.92 Å². The number of amides is 1. The maximum Gasteiger partial charge on any atom is 0.221 e. The van der Waals surface area contributed by atoms with Crippen molar-refractivity contribution in [3.05, 3.63) is 29.8 Å². The average Bonchev–Trinajstić information content (AvgIpc) is 2.22. The number of hydrogen-bond acceptors (Lipinski definition) is 2. The molecule has 0 aliphatic rings. The van der Waals surface area contributed by atoms with Gasteiger partial charge in [-0.3, -0.25) is 4.79 Å². The molecule has 0 saturated heterocycles. The zero-order chi connectivity index (χ0) is 12.6. The van der Waals surface area contributed by atoms with Gasteiger partial charge in [-0.2, -0.15) is 0 Å². The van der Waals surface area contributed by atoms with Crippen LogP contribution >= 0.6 is 0 Å².